The van der Waals surface area contributed by atoms with Gasteiger partial charge in [-0.25, -0.2) is 0 Å². The summed E-state index contributed by atoms with van der Waals surface area (Å²) in [6, 6.07) is 8.95. The van der Waals surface area contributed by atoms with Gasteiger partial charge in [0.2, 0.25) is 5.91 Å². The van der Waals surface area contributed by atoms with Crippen LogP contribution in [0.2, 0.25) is 0 Å². The molecule has 0 saturated carbocycles. The lowest BCUT2D eigenvalue weighted by atomic mass is 10.3. The fourth-order valence-corrected chi connectivity index (χ4v) is 1.77. The predicted molar refractivity (Wildman–Crippen MR) is 73.0 cm³/mol. The van der Waals surface area contributed by atoms with Crippen LogP contribution in [0.1, 0.15) is 5.69 Å². The van der Waals surface area contributed by atoms with Gasteiger partial charge in [0, 0.05) is 11.8 Å². The van der Waals surface area contributed by atoms with E-state index in [2.05, 4.69) is 10.4 Å². The third-order valence-electron chi connectivity index (χ3n) is 2.67. The smallest absolute Gasteiger partial charge is 0.246 e. The Bertz CT molecular complexity index is 592. The van der Waals surface area contributed by atoms with Crippen LogP contribution < -0.4 is 15.8 Å². The van der Waals surface area contributed by atoms with Crippen LogP contribution in [-0.4, -0.2) is 22.8 Å². The number of amides is 1. The van der Waals surface area contributed by atoms with E-state index >= 15 is 0 Å². The maximum atomic E-state index is 11.9. The summed E-state index contributed by atoms with van der Waals surface area (Å²) in [4.78, 5) is 11.9. The van der Waals surface area contributed by atoms with Crippen molar-refractivity contribution >= 4 is 17.4 Å². The number of carbonyl (C=O) groups is 1. The summed E-state index contributed by atoms with van der Waals surface area (Å²) in [5.41, 5.74) is 7.04. The van der Waals surface area contributed by atoms with Crippen molar-refractivity contribution in [2.75, 3.05) is 18.2 Å². The molecular formula is C13H16N4O2. The zero-order valence-corrected chi connectivity index (χ0v) is 10.9. The van der Waals surface area contributed by atoms with Crippen LogP contribution in [0.15, 0.2) is 30.3 Å². The zero-order valence-electron chi connectivity index (χ0n) is 10.9. The van der Waals surface area contributed by atoms with E-state index in [0.29, 0.717) is 17.3 Å². The number of rotatable bonds is 4. The van der Waals surface area contributed by atoms with Crippen molar-refractivity contribution in [3.05, 3.63) is 36.0 Å². The topological polar surface area (TPSA) is 82.2 Å². The Morgan fingerprint density at radius 2 is 2.21 bits per heavy atom. The van der Waals surface area contributed by atoms with Gasteiger partial charge in [0.05, 0.1) is 12.8 Å². The Labute approximate surface area is 111 Å². The van der Waals surface area contributed by atoms with Crippen molar-refractivity contribution in [2.24, 2.45) is 0 Å². The fourth-order valence-electron chi connectivity index (χ4n) is 1.77. The van der Waals surface area contributed by atoms with E-state index in [1.54, 1.807) is 30.0 Å². The van der Waals surface area contributed by atoms with E-state index in [9.17, 15) is 4.79 Å². The van der Waals surface area contributed by atoms with Crippen molar-refractivity contribution in [3.63, 3.8) is 0 Å². The number of aromatic nitrogens is 2. The van der Waals surface area contributed by atoms with Crippen LogP contribution in [0.3, 0.4) is 0 Å². The van der Waals surface area contributed by atoms with Crippen LogP contribution in [0, 0.1) is 6.92 Å². The van der Waals surface area contributed by atoms with Gasteiger partial charge in [-0.1, -0.05) is 12.1 Å². The lowest BCUT2D eigenvalue weighted by Crippen LogP contribution is -2.20. The van der Waals surface area contributed by atoms with Crippen LogP contribution in [-0.2, 0) is 11.3 Å². The summed E-state index contributed by atoms with van der Waals surface area (Å²) >= 11 is 0. The lowest BCUT2D eigenvalue weighted by molar-refractivity contribution is -0.116. The van der Waals surface area contributed by atoms with Gasteiger partial charge in [0.25, 0.3) is 0 Å². The highest BCUT2D eigenvalue weighted by atomic mass is 16.5. The Morgan fingerprint density at radius 3 is 2.84 bits per heavy atom. The molecule has 100 valence electrons. The molecule has 0 aliphatic rings. The van der Waals surface area contributed by atoms with Gasteiger partial charge < -0.3 is 15.8 Å². The van der Waals surface area contributed by atoms with E-state index < -0.39 is 0 Å². The molecule has 6 nitrogen and oxygen atoms in total. The van der Waals surface area contributed by atoms with Gasteiger partial charge >= 0.3 is 0 Å². The van der Waals surface area contributed by atoms with Crippen LogP contribution >= 0.6 is 0 Å². The maximum absolute atomic E-state index is 11.9. The van der Waals surface area contributed by atoms with Crippen LogP contribution in [0.4, 0.5) is 11.5 Å². The molecule has 1 amide bonds. The number of aryl methyl sites for hydroxylation is 1. The van der Waals surface area contributed by atoms with Crippen molar-refractivity contribution in [2.45, 2.75) is 13.5 Å². The first-order valence-corrected chi connectivity index (χ1v) is 5.83. The highest BCUT2D eigenvalue weighted by Crippen LogP contribution is 2.22. The number of nitrogens with one attached hydrogen (secondary N) is 1. The standard InChI is InChI=1S/C13H16N4O2/c1-9-7-12(14)16-17(9)8-13(18)15-10-5-3-4-6-11(10)19-2/h3-7H,8H2,1-2H3,(H2,14,16)(H,15,18). The summed E-state index contributed by atoms with van der Waals surface area (Å²) in [5, 5.41) is 6.82. The SMILES string of the molecule is COc1ccccc1NC(=O)Cn1nc(N)cc1C. The average Bonchev–Trinajstić information content (AvgIpc) is 2.68. The number of nitrogens with zero attached hydrogens (tertiary/aromatic N) is 2. The molecule has 0 fully saturated rings. The molecule has 2 rings (SSSR count). The average molecular weight is 260 g/mol. The predicted octanol–water partition coefficient (Wildman–Crippen LogP) is 1.42. The summed E-state index contributed by atoms with van der Waals surface area (Å²) < 4.78 is 6.72. The van der Waals surface area contributed by atoms with Crippen LogP contribution in [0.5, 0.6) is 5.75 Å². The second-order valence-electron chi connectivity index (χ2n) is 4.12. The lowest BCUT2D eigenvalue weighted by Gasteiger charge is -2.10. The van der Waals surface area contributed by atoms with Crippen molar-refractivity contribution < 1.29 is 9.53 Å². The van der Waals surface area contributed by atoms with Gasteiger partial charge in [0.1, 0.15) is 18.1 Å². The molecule has 0 spiro atoms. The second kappa shape index (κ2) is 5.43. The molecular weight excluding hydrogens is 244 g/mol. The highest BCUT2D eigenvalue weighted by molar-refractivity contribution is 5.92. The number of para-hydroxylation sites is 2. The third kappa shape index (κ3) is 3.04. The molecule has 0 aliphatic carbocycles. The summed E-state index contributed by atoms with van der Waals surface area (Å²) in [6.07, 6.45) is 0. The minimum Gasteiger partial charge on any atom is -0.495 e. The molecule has 1 aromatic heterocycles. The molecule has 0 aliphatic heterocycles. The van der Waals surface area contributed by atoms with Crippen molar-refractivity contribution in [3.8, 4) is 5.75 Å². The molecule has 6 heteroatoms. The van der Waals surface area contributed by atoms with Crippen molar-refractivity contribution in [1.82, 2.24) is 9.78 Å². The monoisotopic (exact) mass is 260 g/mol. The number of nitrogens with two attached hydrogens (primary N) is 1. The molecule has 0 atom stereocenters. The van der Waals surface area contributed by atoms with Gasteiger partial charge in [-0.05, 0) is 19.1 Å². The van der Waals surface area contributed by atoms with E-state index in [1.807, 2.05) is 19.1 Å². The van der Waals surface area contributed by atoms with E-state index in [1.165, 1.54) is 0 Å². The van der Waals surface area contributed by atoms with Gasteiger partial charge in [-0.3, -0.25) is 9.48 Å². The van der Waals surface area contributed by atoms with Crippen LogP contribution in [0.25, 0.3) is 0 Å². The molecule has 0 bridgehead atoms. The quantitative estimate of drug-likeness (QED) is 0.871. The minimum atomic E-state index is -0.185. The molecule has 3 N–H and O–H groups in total. The minimum absolute atomic E-state index is 0.112. The number of anilines is 2. The summed E-state index contributed by atoms with van der Waals surface area (Å²) in [5.74, 6) is 0.839. The van der Waals surface area contributed by atoms with E-state index in [-0.39, 0.29) is 12.5 Å². The number of ether oxygens (including phenoxy) is 1. The Kier molecular flexibility index (Phi) is 3.70. The fraction of sp³-hybridized carbons (Fsp3) is 0.231. The first kappa shape index (κ1) is 12.9. The third-order valence-corrected chi connectivity index (χ3v) is 2.67. The number of methoxy groups -OCH3 is 1. The Hall–Kier alpha value is -2.50. The molecule has 0 saturated heterocycles. The Morgan fingerprint density at radius 1 is 1.47 bits per heavy atom. The number of nitrogen functional groups attached to an aromatic ring is 1. The Balaban J connectivity index is 2.07. The van der Waals surface area contributed by atoms with Crippen molar-refractivity contribution in [1.29, 1.82) is 0 Å². The first-order chi connectivity index (χ1) is 9.10. The number of carbonyl (C=O) groups excluding carboxylic acids is 1. The summed E-state index contributed by atoms with van der Waals surface area (Å²) in [7, 11) is 1.56. The second-order valence-corrected chi connectivity index (χ2v) is 4.12. The molecule has 1 heterocycles. The van der Waals surface area contributed by atoms with E-state index in [0.717, 1.165) is 5.69 Å². The normalized spacial score (nSPS) is 10.2. The first-order valence-electron chi connectivity index (χ1n) is 5.83. The molecule has 0 unspecified atom stereocenters. The maximum Gasteiger partial charge on any atom is 0.246 e. The van der Waals surface area contributed by atoms with Gasteiger partial charge in [-0.15, -0.1) is 0 Å². The summed E-state index contributed by atoms with van der Waals surface area (Å²) in [6.45, 7) is 1.96. The molecule has 1 aromatic carbocycles. The number of benzene rings is 1. The number of hydrogen-bond acceptors (Lipinski definition) is 4. The largest absolute Gasteiger partial charge is 0.495 e. The molecule has 2 aromatic rings. The highest BCUT2D eigenvalue weighted by Gasteiger charge is 2.09. The zero-order chi connectivity index (χ0) is 13.8. The van der Waals surface area contributed by atoms with Gasteiger partial charge in [-0.2, -0.15) is 5.10 Å². The molecule has 0 radical (unpaired) electrons. The van der Waals surface area contributed by atoms with Gasteiger partial charge in [0.15, 0.2) is 0 Å². The number of hydrogen-bond donors (Lipinski definition) is 2. The van der Waals surface area contributed by atoms with E-state index in [4.69, 9.17) is 10.5 Å². The molecule has 19 heavy (non-hydrogen) atoms.